The van der Waals surface area contributed by atoms with Gasteiger partial charge in [-0.25, -0.2) is 4.39 Å². The zero-order valence-electron chi connectivity index (χ0n) is 15.5. The molecule has 1 aliphatic heterocycles. The number of halogens is 1. The van der Waals surface area contributed by atoms with Crippen molar-refractivity contribution in [2.45, 2.75) is 39.7 Å². The SMILES string of the molecule is CC1(C)C2=C(F)C=CCC2=C(c2cnc3ccccc3c2)N([O-])C1(C)C. The molecule has 1 aliphatic carbocycles. The van der Waals surface area contributed by atoms with E-state index < -0.39 is 11.0 Å². The first-order valence-electron chi connectivity index (χ1n) is 8.88. The Bertz CT molecular complexity index is 998. The van der Waals surface area contributed by atoms with E-state index in [2.05, 4.69) is 4.98 Å². The van der Waals surface area contributed by atoms with Crippen LogP contribution in [0.4, 0.5) is 4.39 Å². The van der Waals surface area contributed by atoms with Crippen LogP contribution in [0.2, 0.25) is 0 Å². The second-order valence-corrected chi connectivity index (χ2v) is 8.05. The van der Waals surface area contributed by atoms with Gasteiger partial charge in [0.25, 0.3) is 0 Å². The van der Waals surface area contributed by atoms with Crippen LogP contribution in [-0.4, -0.2) is 15.6 Å². The van der Waals surface area contributed by atoms with Crippen LogP contribution >= 0.6 is 0 Å². The number of para-hydroxylation sites is 1. The second kappa shape index (κ2) is 5.52. The Balaban J connectivity index is 2.03. The number of hydroxylamine groups is 2. The third kappa shape index (κ3) is 2.18. The largest absolute Gasteiger partial charge is 0.758 e. The van der Waals surface area contributed by atoms with Crippen LogP contribution in [0.5, 0.6) is 0 Å². The minimum atomic E-state index is -0.796. The molecule has 1 aromatic heterocycles. The van der Waals surface area contributed by atoms with E-state index >= 15 is 0 Å². The molecule has 0 amide bonds. The molecule has 0 saturated heterocycles. The summed E-state index contributed by atoms with van der Waals surface area (Å²) >= 11 is 0. The molecule has 4 heteroatoms. The fourth-order valence-corrected chi connectivity index (χ4v) is 3.95. The summed E-state index contributed by atoms with van der Waals surface area (Å²) in [7, 11) is 0. The standard InChI is InChI=1S/C22H22FN2O/c1-21(2)19-16(9-7-10-17(19)23)20(25(26)22(21,3)4)15-12-14-8-5-6-11-18(14)24-13-15/h5-8,10-13H,9H2,1-4H3/q-1. The summed E-state index contributed by atoms with van der Waals surface area (Å²) < 4.78 is 14.8. The molecule has 0 atom stereocenters. The van der Waals surface area contributed by atoms with Crippen LogP contribution < -0.4 is 0 Å². The van der Waals surface area contributed by atoms with Gasteiger partial charge in [-0.2, -0.15) is 0 Å². The Kier molecular flexibility index (Phi) is 3.60. The molecule has 2 aromatic rings. The molecule has 0 saturated carbocycles. The Labute approximate surface area is 153 Å². The molecule has 0 unspecified atom stereocenters. The van der Waals surface area contributed by atoms with Gasteiger partial charge >= 0.3 is 0 Å². The highest BCUT2D eigenvalue weighted by Crippen LogP contribution is 2.55. The molecule has 2 aliphatic rings. The molecule has 0 spiro atoms. The first kappa shape index (κ1) is 17.0. The number of rotatable bonds is 1. The molecule has 0 radical (unpaired) electrons. The van der Waals surface area contributed by atoms with E-state index in [1.54, 1.807) is 12.3 Å². The molecule has 0 N–H and O–H groups in total. The van der Waals surface area contributed by atoms with Crippen molar-refractivity contribution < 1.29 is 4.39 Å². The van der Waals surface area contributed by atoms with Crippen molar-refractivity contribution in [3.63, 3.8) is 0 Å². The fraction of sp³-hybridized carbons (Fsp3) is 0.318. The van der Waals surface area contributed by atoms with Gasteiger partial charge in [-0.3, -0.25) is 4.98 Å². The summed E-state index contributed by atoms with van der Waals surface area (Å²) in [5.41, 5.74) is 2.13. The number of nitrogens with zero attached hydrogens (tertiary/aromatic N) is 2. The van der Waals surface area contributed by atoms with E-state index in [-0.39, 0.29) is 5.83 Å². The summed E-state index contributed by atoms with van der Waals surface area (Å²) in [6, 6.07) is 9.77. The third-order valence-corrected chi connectivity index (χ3v) is 6.14. The Morgan fingerprint density at radius 3 is 2.65 bits per heavy atom. The highest BCUT2D eigenvalue weighted by Gasteiger charge is 2.49. The maximum atomic E-state index is 14.8. The maximum Gasteiger partial charge on any atom is 0.127 e. The minimum absolute atomic E-state index is 0.247. The number of hydrogen-bond acceptors (Lipinski definition) is 3. The van der Waals surface area contributed by atoms with Gasteiger partial charge in [0.1, 0.15) is 5.83 Å². The molecule has 0 bridgehead atoms. The topological polar surface area (TPSA) is 39.2 Å². The van der Waals surface area contributed by atoms with Gasteiger partial charge in [0, 0.05) is 39.4 Å². The van der Waals surface area contributed by atoms with Crippen molar-refractivity contribution in [2.24, 2.45) is 5.41 Å². The van der Waals surface area contributed by atoms with Crippen LogP contribution in [-0.2, 0) is 0 Å². The van der Waals surface area contributed by atoms with Gasteiger partial charge in [0.2, 0.25) is 0 Å². The van der Waals surface area contributed by atoms with Crippen molar-refractivity contribution in [3.8, 4) is 0 Å². The summed E-state index contributed by atoms with van der Waals surface area (Å²) in [6.45, 7) is 7.65. The van der Waals surface area contributed by atoms with Crippen LogP contribution in [0.1, 0.15) is 39.7 Å². The van der Waals surface area contributed by atoms with E-state index in [4.69, 9.17) is 0 Å². The van der Waals surface area contributed by atoms with E-state index in [1.165, 1.54) is 6.08 Å². The second-order valence-electron chi connectivity index (χ2n) is 8.05. The maximum absolute atomic E-state index is 14.8. The minimum Gasteiger partial charge on any atom is -0.758 e. The van der Waals surface area contributed by atoms with Crippen LogP contribution in [0.25, 0.3) is 16.6 Å². The molecule has 1 aromatic carbocycles. The lowest BCUT2D eigenvalue weighted by molar-refractivity contribution is 0.109. The van der Waals surface area contributed by atoms with Crippen molar-refractivity contribution in [2.75, 3.05) is 0 Å². The van der Waals surface area contributed by atoms with Gasteiger partial charge in [-0.15, -0.1) is 0 Å². The van der Waals surface area contributed by atoms with E-state index in [9.17, 15) is 9.60 Å². The quantitative estimate of drug-likeness (QED) is 0.658. The van der Waals surface area contributed by atoms with Crippen molar-refractivity contribution in [1.29, 1.82) is 0 Å². The predicted molar refractivity (Wildman–Crippen MR) is 104 cm³/mol. The average molecular weight is 349 g/mol. The number of pyridine rings is 1. The normalized spacial score (nSPS) is 21.4. The molecule has 0 fully saturated rings. The zero-order chi connectivity index (χ0) is 18.7. The zero-order valence-corrected chi connectivity index (χ0v) is 15.5. The van der Waals surface area contributed by atoms with Crippen LogP contribution in [0.15, 0.2) is 65.7 Å². The number of benzene rings is 1. The molecule has 134 valence electrons. The fourth-order valence-electron chi connectivity index (χ4n) is 3.95. The lowest BCUT2D eigenvalue weighted by atomic mass is 9.62. The van der Waals surface area contributed by atoms with Gasteiger partial charge in [0.15, 0.2) is 0 Å². The lowest BCUT2D eigenvalue weighted by Gasteiger charge is -2.60. The summed E-state index contributed by atoms with van der Waals surface area (Å²) in [5, 5.41) is 15.4. The molecular formula is C22H22FN2O-. The number of hydrogen-bond donors (Lipinski definition) is 0. The Hall–Kier alpha value is -2.46. The van der Waals surface area contributed by atoms with E-state index in [0.717, 1.165) is 27.1 Å². The van der Waals surface area contributed by atoms with Crippen molar-refractivity contribution >= 4 is 16.6 Å². The summed E-state index contributed by atoms with van der Waals surface area (Å²) in [4.78, 5) is 4.50. The number of aromatic nitrogens is 1. The molecule has 26 heavy (non-hydrogen) atoms. The van der Waals surface area contributed by atoms with Gasteiger partial charge < -0.3 is 10.3 Å². The number of allylic oxidation sites excluding steroid dienone is 4. The van der Waals surface area contributed by atoms with Gasteiger partial charge in [-0.05, 0) is 44.1 Å². The first-order valence-corrected chi connectivity index (χ1v) is 8.88. The smallest absolute Gasteiger partial charge is 0.127 e. The van der Waals surface area contributed by atoms with Crippen LogP contribution in [0, 0.1) is 10.6 Å². The first-order chi connectivity index (χ1) is 12.2. The lowest BCUT2D eigenvalue weighted by Crippen LogP contribution is -2.55. The third-order valence-electron chi connectivity index (χ3n) is 6.14. The highest BCUT2D eigenvalue weighted by molar-refractivity contribution is 5.85. The molecule has 2 heterocycles. The molecule has 3 nitrogen and oxygen atoms in total. The van der Waals surface area contributed by atoms with Crippen molar-refractivity contribution in [3.05, 3.63) is 76.4 Å². The van der Waals surface area contributed by atoms with Crippen LogP contribution in [0.3, 0.4) is 0 Å². The molecule has 4 rings (SSSR count). The summed E-state index contributed by atoms with van der Waals surface area (Å²) in [6.07, 6.45) is 5.57. The van der Waals surface area contributed by atoms with E-state index in [0.29, 0.717) is 17.7 Å². The highest BCUT2D eigenvalue weighted by atomic mass is 19.1. The predicted octanol–water partition coefficient (Wildman–Crippen LogP) is 5.75. The average Bonchev–Trinajstić information content (AvgIpc) is 2.60. The number of fused-ring (bicyclic) bond motifs is 2. The van der Waals surface area contributed by atoms with Crippen molar-refractivity contribution in [1.82, 2.24) is 10.0 Å². The summed E-state index contributed by atoms with van der Waals surface area (Å²) in [5.74, 6) is -0.247. The van der Waals surface area contributed by atoms with E-state index in [1.807, 2.05) is 58.0 Å². The van der Waals surface area contributed by atoms with Gasteiger partial charge in [-0.1, -0.05) is 38.1 Å². The monoisotopic (exact) mass is 349 g/mol. The van der Waals surface area contributed by atoms with Gasteiger partial charge in [0.05, 0.1) is 5.52 Å². The Morgan fingerprint density at radius 1 is 1.15 bits per heavy atom. The Morgan fingerprint density at radius 2 is 1.88 bits per heavy atom. The molecular weight excluding hydrogens is 327 g/mol.